The van der Waals surface area contributed by atoms with Crippen molar-refractivity contribution in [3.05, 3.63) is 35.9 Å². The van der Waals surface area contributed by atoms with E-state index < -0.39 is 36.0 Å². The molecule has 0 aliphatic carbocycles. The molecule has 0 bridgehead atoms. The highest BCUT2D eigenvalue weighted by Gasteiger charge is 2.29. The number of ether oxygens (including phenoxy) is 1. The molecule has 0 aliphatic heterocycles. The van der Waals surface area contributed by atoms with Gasteiger partial charge in [0.25, 0.3) is 0 Å². The third-order valence-electron chi connectivity index (χ3n) is 5.10. The summed E-state index contributed by atoms with van der Waals surface area (Å²) in [4.78, 5) is 49.7. The molecule has 1 aromatic carbocycles. The zero-order chi connectivity index (χ0) is 25.7. The normalized spacial score (nSPS) is 13.9. The summed E-state index contributed by atoms with van der Waals surface area (Å²) >= 11 is 0. The van der Waals surface area contributed by atoms with Crippen molar-refractivity contribution >= 4 is 24.2 Å². The van der Waals surface area contributed by atoms with Crippen molar-refractivity contribution in [3.63, 3.8) is 0 Å². The lowest BCUT2D eigenvalue weighted by Gasteiger charge is -2.25. The molecule has 0 unspecified atom stereocenters. The molecule has 0 saturated heterocycles. The van der Waals surface area contributed by atoms with Crippen LogP contribution < -0.4 is 16.0 Å². The Hall–Kier alpha value is -2.74. The molecule has 0 fully saturated rings. The molecule has 3 amide bonds. The molecule has 190 valence electrons. The van der Waals surface area contributed by atoms with Gasteiger partial charge >= 0.3 is 6.09 Å². The summed E-state index contributed by atoms with van der Waals surface area (Å²) < 4.78 is 5.23. The molecular weight excluding hydrogens is 434 g/mol. The van der Waals surface area contributed by atoms with E-state index in [-0.39, 0.29) is 24.4 Å². The summed E-state index contributed by atoms with van der Waals surface area (Å²) in [5, 5.41) is 8.09. The van der Waals surface area contributed by atoms with E-state index in [1.807, 2.05) is 71.9 Å². The topological polar surface area (TPSA) is 114 Å². The second kappa shape index (κ2) is 15.2. The third-order valence-corrected chi connectivity index (χ3v) is 5.10. The molecule has 8 nitrogen and oxygen atoms in total. The second-order valence-electron chi connectivity index (χ2n) is 9.96. The number of aldehydes is 1. The van der Waals surface area contributed by atoms with Crippen molar-refractivity contribution in [1.29, 1.82) is 0 Å². The molecule has 8 heteroatoms. The third kappa shape index (κ3) is 11.9. The molecule has 0 spiro atoms. The average Bonchev–Trinajstić information content (AvgIpc) is 2.75. The minimum Gasteiger partial charge on any atom is -0.445 e. The van der Waals surface area contributed by atoms with E-state index in [4.69, 9.17) is 4.74 Å². The van der Waals surface area contributed by atoms with E-state index in [0.717, 1.165) is 11.8 Å². The predicted molar refractivity (Wildman–Crippen MR) is 132 cm³/mol. The van der Waals surface area contributed by atoms with Crippen LogP contribution >= 0.6 is 0 Å². The number of imide groups is 1. The molecule has 0 heterocycles. The Kier molecular flexibility index (Phi) is 13.1. The summed E-state index contributed by atoms with van der Waals surface area (Å²) in [7, 11) is 0. The van der Waals surface area contributed by atoms with Gasteiger partial charge in [0.05, 0.1) is 12.1 Å². The summed E-state index contributed by atoms with van der Waals surface area (Å²) in [6.45, 7) is 11.8. The lowest BCUT2D eigenvalue weighted by atomic mass is 9.99. The molecule has 0 aliphatic rings. The van der Waals surface area contributed by atoms with Crippen molar-refractivity contribution < 1.29 is 23.9 Å². The molecule has 34 heavy (non-hydrogen) atoms. The van der Waals surface area contributed by atoms with E-state index in [1.54, 1.807) is 0 Å². The van der Waals surface area contributed by atoms with E-state index in [2.05, 4.69) is 16.0 Å². The number of amides is 3. The Morgan fingerprint density at radius 3 is 1.88 bits per heavy atom. The SMILES string of the molecule is CC(C)C[C@H](NC(=O)OCc1ccccc1)C(=O)NC(=O)[C@H](CC(C)C)N[C@@H](C=O)CC(C)C. The van der Waals surface area contributed by atoms with Crippen LogP contribution in [0.3, 0.4) is 0 Å². The molecule has 0 saturated carbocycles. The lowest BCUT2D eigenvalue weighted by Crippen LogP contribution is -2.55. The maximum absolute atomic E-state index is 13.0. The van der Waals surface area contributed by atoms with Crippen molar-refractivity contribution in [1.82, 2.24) is 16.0 Å². The maximum atomic E-state index is 13.0. The molecular formula is C26H41N3O5. The van der Waals surface area contributed by atoms with Crippen LogP contribution in [0.4, 0.5) is 4.79 Å². The van der Waals surface area contributed by atoms with E-state index >= 15 is 0 Å². The van der Waals surface area contributed by atoms with Crippen molar-refractivity contribution in [2.24, 2.45) is 17.8 Å². The largest absolute Gasteiger partial charge is 0.445 e. The molecule has 1 rings (SSSR count). The van der Waals surface area contributed by atoms with Gasteiger partial charge in [-0.1, -0.05) is 71.9 Å². The first kappa shape index (κ1) is 29.3. The first-order chi connectivity index (χ1) is 16.0. The highest BCUT2D eigenvalue weighted by atomic mass is 16.5. The quantitative estimate of drug-likeness (QED) is 0.354. The highest BCUT2D eigenvalue weighted by molar-refractivity contribution is 6.01. The molecule has 0 radical (unpaired) electrons. The number of hydrogen-bond acceptors (Lipinski definition) is 6. The summed E-state index contributed by atoms with van der Waals surface area (Å²) in [5.74, 6) is -0.578. The van der Waals surface area contributed by atoms with E-state index in [0.29, 0.717) is 19.3 Å². The minimum atomic E-state index is -0.926. The monoisotopic (exact) mass is 475 g/mol. The highest BCUT2D eigenvalue weighted by Crippen LogP contribution is 2.11. The van der Waals surface area contributed by atoms with Gasteiger partial charge in [0, 0.05) is 0 Å². The van der Waals surface area contributed by atoms with Gasteiger partial charge in [-0.25, -0.2) is 4.79 Å². The summed E-state index contributed by atoms with van der Waals surface area (Å²) in [6.07, 6.45) is 1.46. The summed E-state index contributed by atoms with van der Waals surface area (Å²) in [6, 6.07) is 7.10. The maximum Gasteiger partial charge on any atom is 0.408 e. The van der Waals surface area contributed by atoms with Gasteiger partial charge in [-0.2, -0.15) is 0 Å². The fourth-order valence-electron chi connectivity index (χ4n) is 3.56. The Labute approximate surface area is 203 Å². The Bertz CT molecular complexity index is 780. The van der Waals surface area contributed by atoms with Crippen LogP contribution in [0, 0.1) is 17.8 Å². The Morgan fingerprint density at radius 2 is 1.35 bits per heavy atom. The first-order valence-corrected chi connectivity index (χ1v) is 12.0. The van der Waals surface area contributed by atoms with Gasteiger partial charge < -0.3 is 14.8 Å². The minimum absolute atomic E-state index is 0.0743. The number of alkyl carbamates (subject to hydrolysis) is 1. The van der Waals surface area contributed by atoms with E-state index in [9.17, 15) is 19.2 Å². The molecule has 0 aromatic heterocycles. The number of nitrogens with one attached hydrogen (secondary N) is 3. The average molecular weight is 476 g/mol. The van der Waals surface area contributed by atoms with Crippen LogP contribution in [0.25, 0.3) is 0 Å². The number of hydrogen-bond donors (Lipinski definition) is 3. The zero-order valence-electron chi connectivity index (χ0n) is 21.3. The van der Waals surface area contributed by atoms with Crippen molar-refractivity contribution in [2.45, 2.75) is 85.5 Å². The molecule has 3 atom stereocenters. The van der Waals surface area contributed by atoms with E-state index in [1.165, 1.54) is 0 Å². The number of rotatable bonds is 14. The second-order valence-corrected chi connectivity index (χ2v) is 9.96. The number of benzene rings is 1. The smallest absolute Gasteiger partial charge is 0.408 e. The van der Waals surface area contributed by atoms with Crippen molar-refractivity contribution in [3.8, 4) is 0 Å². The van der Waals surface area contributed by atoms with Crippen LogP contribution in [0.2, 0.25) is 0 Å². The Morgan fingerprint density at radius 1 is 0.824 bits per heavy atom. The van der Waals surface area contributed by atoms with Gasteiger partial charge in [0.2, 0.25) is 11.8 Å². The fourth-order valence-corrected chi connectivity index (χ4v) is 3.56. The Balaban J connectivity index is 2.81. The molecule has 3 N–H and O–H groups in total. The van der Waals surface area contributed by atoms with Gasteiger partial charge in [-0.15, -0.1) is 0 Å². The van der Waals surface area contributed by atoms with Crippen LogP contribution in [-0.2, 0) is 25.7 Å². The van der Waals surface area contributed by atoms with Gasteiger partial charge in [-0.05, 0) is 42.6 Å². The van der Waals surface area contributed by atoms with Gasteiger partial charge in [0.15, 0.2) is 0 Å². The van der Waals surface area contributed by atoms with Crippen LogP contribution in [0.1, 0.15) is 66.4 Å². The number of carbonyl (C=O) groups excluding carboxylic acids is 4. The lowest BCUT2D eigenvalue weighted by molar-refractivity contribution is -0.133. The fraction of sp³-hybridized carbons (Fsp3) is 0.615. The standard InChI is InChI=1S/C26H41N3O5/c1-17(2)12-21(15-30)27-22(13-18(3)4)24(31)29-25(32)23(14-19(5)6)28-26(33)34-16-20-10-8-7-9-11-20/h7-11,15,17-19,21-23,27H,12-14,16H2,1-6H3,(H,28,33)(H,29,31,32)/t21-,22+,23+/m1/s1. The zero-order valence-corrected chi connectivity index (χ0v) is 21.3. The summed E-state index contributed by atoms with van der Waals surface area (Å²) in [5.41, 5.74) is 0.825. The van der Waals surface area contributed by atoms with Crippen LogP contribution in [0.15, 0.2) is 30.3 Å². The van der Waals surface area contributed by atoms with Crippen LogP contribution in [-0.4, -0.2) is 42.3 Å². The first-order valence-electron chi connectivity index (χ1n) is 12.0. The van der Waals surface area contributed by atoms with Gasteiger partial charge in [0.1, 0.15) is 18.9 Å². The van der Waals surface area contributed by atoms with Crippen molar-refractivity contribution in [2.75, 3.05) is 0 Å². The molecule has 1 aromatic rings. The predicted octanol–water partition coefficient (Wildman–Crippen LogP) is 3.59. The van der Waals surface area contributed by atoms with Gasteiger partial charge in [-0.3, -0.25) is 20.2 Å². The van der Waals surface area contributed by atoms with Crippen LogP contribution in [0.5, 0.6) is 0 Å². The number of carbonyl (C=O) groups is 4.